The summed E-state index contributed by atoms with van der Waals surface area (Å²) in [6.45, 7) is 41.4. The van der Waals surface area contributed by atoms with Crippen LogP contribution in [-0.4, -0.2) is 29.6 Å². The smallest absolute Gasteiger partial charge is 0.0716 e. The minimum atomic E-state index is 0.160. The Bertz CT molecular complexity index is 1210. The molecule has 0 amide bonds. The van der Waals surface area contributed by atoms with Crippen LogP contribution in [0.2, 0.25) is 0 Å². The first-order valence-electron chi connectivity index (χ1n) is 16.8. The quantitative estimate of drug-likeness (QED) is 0.227. The van der Waals surface area contributed by atoms with E-state index >= 15 is 0 Å². The van der Waals surface area contributed by atoms with Gasteiger partial charge in [-0.15, -0.1) is 0 Å². The number of piperidine rings is 1. The van der Waals surface area contributed by atoms with Crippen LogP contribution >= 0.6 is 0 Å². The maximum atomic E-state index is 4.77. The fourth-order valence-corrected chi connectivity index (χ4v) is 7.49. The van der Waals surface area contributed by atoms with Gasteiger partial charge in [-0.2, -0.15) is 0 Å². The molecular weight excluding hydrogens is 522 g/mol. The normalized spacial score (nSPS) is 24.9. The number of hydrogen-bond acceptors (Lipinski definition) is 3. The Morgan fingerprint density at radius 1 is 0.977 bits per heavy atom. The second-order valence-electron chi connectivity index (χ2n) is 16.3. The summed E-state index contributed by atoms with van der Waals surface area (Å²) < 4.78 is 0. The summed E-state index contributed by atoms with van der Waals surface area (Å²) in [4.78, 5) is 2.59. The third-order valence-electron chi connectivity index (χ3n) is 10.2. The van der Waals surface area contributed by atoms with Crippen LogP contribution < -0.4 is 10.6 Å². The molecule has 1 aromatic rings. The lowest BCUT2D eigenvalue weighted by molar-refractivity contribution is 0.216. The minimum Gasteiger partial charge on any atom is -0.380 e. The van der Waals surface area contributed by atoms with Gasteiger partial charge in [-0.05, 0) is 83.8 Å². The molecule has 2 saturated carbocycles. The predicted molar refractivity (Wildman–Crippen MR) is 187 cm³/mol. The highest BCUT2D eigenvalue weighted by atomic mass is 15.3. The topological polar surface area (TPSA) is 27.3 Å². The molecule has 0 aromatic heterocycles. The Hall–Kier alpha value is -2.68. The van der Waals surface area contributed by atoms with Crippen molar-refractivity contribution in [3.63, 3.8) is 0 Å². The van der Waals surface area contributed by atoms with E-state index in [-0.39, 0.29) is 18.1 Å². The van der Waals surface area contributed by atoms with E-state index < -0.39 is 0 Å². The highest BCUT2D eigenvalue weighted by Crippen LogP contribution is 2.66. The van der Waals surface area contributed by atoms with E-state index in [9.17, 15) is 0 Å². The first-order chi connectivity index (χ1) is 20.0. The Labute approximate surface area is 264 Å². The fraction of sp³-hybridized carbons (Fsp3) is 0.600. The SMILES string of the molecule is C=C(C)NC(C(=C)N1CC2C(C1C(=C)NC(CC1CC1)C(=C)C(=C)CC)C2(C)C)C1Cc2ccccc2C1.CC(C)(C)C. The molecule has 1 aliphatic heterocycles. The van der Waals surface area contributed by atoms with Gasteiger partial charge in [0, 0.05) is 23.6 Å². The molecule has 3 nitrogen and oxygen atoms in total. The van der Waals surface area contributed by atoms with Crippen molar-refractivity contribution in [2.24, 2.45) is 34.5 Å². The van der Waals surface area contributed by atoms with E-state index in [1.165, 1.54) is 29.7 Å². The zero-order valence-electron chi connectivity index (χ0n) is 28.8. The number of hydrogen-bond donors (Lipinski definition) is 2. The highest BCUT2D eigenvalue weighted by Gasteiger charge is 2.67. The zero-order chi connectivity index (χ0) is 31.9. The Balaban J connectivity index is 0.000000782. The lowest BCUT2D eigenvalue weighted by Crippen LogP contribution is -2.49. The van der Waals surface area contributed by atoms with E-state index in [1.807, 2.05) is 0 Å². The zero-order valence-corrected chi connectivity index (χ0v) is 28.8. The van der Waals surface area contributed by atoms with Crippen molar-refractivity contribution in [2.75, 3.05) is 6.54 Å². The Morgan fingerprint density at radius 2 is 1.53 bits per heavy atom. The van der Waals surface area contributed by atoms with Crippen LogP contribution in [0.1, 0.15) is 92.2 Å². The lowest BCUT2D eigenvalue weighted by atomic mass is 9.90. The molecule has 5 rings (SSSR count). The number of nitrogens with one attached hydrogen (secondary N) is 2. The predicted octanol–water partition coefficient (Wildman–Crippen LogP) is 9.21. The summed E-state index contributed by atoms with van der Waals surface area (Å²) in [5.74, 6) is 2.53. The third-order valence-corrected chi connectivity index (χ3v) is 10.2. The maximum Gasteiger partial charge on any atom is 0.0716 e. The second-order valence-corrected chi connectivity index (χ2v) is 16.3. The standard InChI is InChI=1S/C35H49N3.C5H12/c1-10-22(4)23(5)31(17-26-15-16-26)37-24(6)34-32-30(35(32,8)9)20-38(34)25(7)33(36-21(2)3)29-18-27-13-11-12-14-28(27)19-29;1-5(2,3)4/h11-14,26,29-34,36-37H,2,4-7,10,15-20H2,1,3,8-9H3;1-4H3. The van der Waals surface area contributed by atoms with Crippen molar-refractivity contribution >= 4 is 0 Å². The molecule has 3 fully saturated rings. The van der Waals surface area contributed by atoms with Crippen molar-refractivity contribution in [2.45, 2.75) is 112 Å². The van der Waals surface area contributed by atoms with E-state index in [0.717, 1.165) is 60.7 Å². The third kappa shape index (κ3) is 7.89. The van der Waals surface area contributed by atoms with Gasteiger partial charge in [0.2, 0.25) is 0 Å². The summed E-state index contributed by atoms with van der Waals surface area (Å²) in [5, 5.41) is 7.66. The van der Waals surface area contributed by atoms with Crippen LogP contribution in [0.3, 0.4) is 0 Å². The van der Waals surface area contributed by atoms with Crippen LogP contribution in [0, 0.1) is 34.5 Å². The van der Waals surface area contributed by atoms with Gasteiger partial charge in [0.1, 0.15) is 0 Å². The van der Waals surface area contributed by atoms with Gasteiger partial charge < -0.3 is 15.5 Å². The summed E-state index contributed by atoms with van der Waals surface area (Å²) >= 11 is 0. The monoisotopic (exact) mass is 583 g/mol. The van der Waals surface area contributed by atoms with Crippen molar-refractivity contribution in [1.82, 2.24) is 15.5 Å². The molecule has 0 bridgehead atoms. The average molecular weight is 584 g/mol. The molecular formula is C40H61N3. The van der Waals surface area contributed by atoms with Gasteiger partial charge in [-0.25, -0.2) is 0 Å². The Morgan fingerprint density at radius 3 is 2.02 bits per heavy atom. The highest BCUT2D eigenvalue weighted by molar-refractivity contribution is 5.37. The average Bonchev–Trinajstić information content (AvgIpc) is 3.67. The molecule has 1 aromatic carbocycles. The maximum absolute atomic E-state index is 4.77. The van der Waals surface area contributed by atoms with Gasteiger partial charge in [-0.1, -0.05) is 124 Å². The molecule has 43 heavy (non-hydrogen) atoms. The van der Waals surface area contributed by atoms with Gasteiger partial charge in [0.05, 0.1) is 18.1 Å². The number of fused-ring (bicyclic) bond motifs is 2. The molecule has 3 heteroatoms. The van der Waals surface area contributed by atoms with Crippen LogP contribution in [-0.2, 0) is 12.8 Å². The molecule has 3 aliphatic carbocycles. The van der Waals surface area contributed by atoms with E-state index in [0.29, 0.717) is 28.6 Å². The molecule has 5 atom stereocenters. The number of rotatable bonds is 13. The molecule has 236 valence electrons. The molecule has 1 saturated heterocycles. The second kappa shape index (κ2) is 12.7. The van der Waals surface area contributed by atoms with Crippen LogP contribution in [0.5, 0.6) is 0 Å². The molecule has 4 aliphatic rings. The van der Waals surface area contributed by atoms with Gasteiger partial charge >= 0.3 is 0 Å². The number of likely N-dealkylation sites (tertiary alicyclic amines) is 1. The summed E-state index contributed by atoms with van der Waals surface area (Å²) in [6.07, 6.45) is 6.90. The van der Waals surface area contributed by atoms with Crippen molar-refractivity contribution in [3.05, 3.63) is 96.5 Å². The largest absolute Gasteiger partial charge is 0.380 e. The summed E-state index contributed by atoms with van der Waals surface area (Å²) in [5.41, 5.74) is 9.42. The van der Waals surface area contributed by atoms with E-state index in [4.69, 9.17) is 13.2 Å². The van der Waals surface area contributed by atoms with Crippen molar-refractivity contribution < 1.29 is 0 Å². The van der Waals surface area contributed by atoms with E-state index in [2.05, 4.69) is 115 Å². The molecule has 0 spiro atoms. The van der Waals surface area contributed by atoms with Gasteiger partial charge in [0.25, 0.3) is 0 Å². The molecule has 1 heterocycles. The lowest BCUT2D eigenvalue weighted by Gasteiger charge is -2.41. The van der Waals surface area contributed by atoms with Gasteiger partial charge in [0.15, 0.2) is 0 Å². The molecule has 5 unspecified atom stereocenters. The summed E-state index contributed by atoms with van der Waals surface area (Å²) in [7, 11) is 0. The first kappa shape index (κ1) is 33.2. The van der Waals surface area contributed by atoms with Crippen LogP contribution in [0.15, 0.2) is 85.4 Å². The molecule has 0 radical (unpaired) electrons. The minimum absolute atomic E-state index is 0.160. The number of benzene rings is 1. The number of nitrogens with zero attached hydrogens (tertiary/aromatic N) is 1. The van der Waals surface area contributed by atoms with E-state index in [1.54, 1.807) is 0 Å². The van der Waals surface area contributed by atoms with Crippen LogP contribution in [0.4, 0.5) is 0 Å². The van der Waals surface area contributed by atoms with Crippen molar-refractivity contribution in [1.29, 1.82) is 0 Å². The summed E-state index contributed by atoms with van der Waals surface area (Å²) in [6, 6.07) is 9.52. The first-order valence-corrected chi connectivity index (χ1v) is 16.8. The van der Waals surface area contributed by atoms with Crippen molar-refractivity contribution in [3.8, 4) is 0 Å². The fourth-order valence-electron chi connectivity index (χ4n) is 7.49. The Kier molecular flexibility index (Phi) is 9.84. The van der Waals surface area contributed by atoms with Crippen LogP contribution in [0.25, 0.3) is 0 Å². The molecule has 2 N–H and O–H groups in total. The number of allylic oxidation sites excluding steroid dienone is 1. The van der Waals surface area contributed by atoms with Gasteiger partial charge in [-0.3, -0.25) is 0 Å².